The van der Waals surface area contributed by atoms with Crippen molar-refractivity contribution in [3.8, 4) is 0 Å². The molecule has 0 aromatic heterocycles. The maximum atomic E-state index is 3.91. The smallest absolute Gasteiger partial charge is 0.0463 e. The maximum absolute atomic E-state index is 3.91. The fourth-order valence-electron chi connectivity index (χ4n) is 3.21. The highest BCUT2D eigenvalue weighted by Gasteiger charge is 2.13. The Morgan fingerprint density at radius 1 is 0.759 bits per heavy atom. The van der Waals surface area contributed by atoms with E-state index in [2.05, 4.69) is 115 Å². The lowest BCUT2D eigenvalue weighted by Gasteiger charge is -2.27. The first-order chi connectivity index (χ1) is 14.2. The Morgan fingerprint density at radius 2 is 1.24 bits per heavy atom. The van der Waals surface area contributed by atoms with Crippen LogP contribution in [0.3, 0.4) is 0 Å². The molecule has 0 unspecified atom stereocenters. The van der Waals surface area contributed by atoms with E-state index in [-0.39, 0.29) is 0 Å². The van der Waals surface area contributed by atoms with E-state index >= 15 is 0 Å². The van der Waals surface area contributed by atoms with Gasteiger partial charge in [0, 0.05) is 35.5 Å². The zero-order valence-electron chi connectivity index (χ0n) is 17.2. The van der Waals surface area contributed by atoms with Gasteiger partial charge in [0.2, 0.25) is 0 Å². The second-order valence-electron chi connectivity index (χ2n) is 6.72. The number of rotatable bonds is 8. The summed E-state index contributed by atoms with van der Waals surface area (Å²) in [4.78, 5) is 4.44. The van der Waals surface area contributed by atoms with E-state index in [1.165, 1.54) is 5.69 Å². The minimum Gasteiger partial charge on any atom is -0.345 e. The summed E-state index contributed by atoms with van der Waals surface area (Å²) in [7, 11) is 2.09. The van der Waals surface area contributed by atoms with E-state index in [1.807, 2.05) is 24.3 Å². The van der Waals surface area contributed by atoms with Gasteiger partial charge in [0.25, 0.3) is 0 Å². The summed E-state index contributed by atoms with van der Waals surface area (Å²) < 4.78 is 0. The number of para-hydroxylation sites is 2. The van der Waals surface area contributed by atoms with Gasteiger partial charge in [0.1, 0.15) is 0 Å². The van der Waals surface area contributed by atoms with Crippen LogP contribution in [0.1, 0.15) is 13.3 Å². The van der Waals surface area contributed by atoms with Gasteiger partial charge >= 0.3 is 0 Å². The van der Waals surface area contributed by atoms with E-state index in [1.54, 1.807) is 0 Å². The van der Waals surface area contributed by atoms with Crippen molar-refractivity contribution >= 4 is 22.7 Å². The van der Waals surface area contributed by atoms with Crippen molar-refractivity contribution in [2.45, 2.75) is 13.3 Å². The van der Waals surface area contributed by atoms with Crippen LogP contribution in [0.5, 0.6) is 0 Å². The van der Waals surface area contributed by atoms with E-state index in [0.29, 0.717) is 0 Å². The zero-order valence-corrected chi connectivity index (χ0v) is 17.2. The van der Waals surface area contributed by atoms with Crippen LogP contribution < -0.4 is 9.80 Å². The second kappa shape index (κ2) is 10.1. The summed E-state index contributed by atoms with van der Waals surface area (Å²) >= 11 is 0. The Labute approximate surface area is 174 Å². The molecule has 0 saturated carbocycles. The number of hydrogen-bond acceptors (Lipinski definition) is 2. The standard InChI is InChI=1S/C27H28N2/c1-4-6-14-25(13-5-2)29(26-17-11-8-12-18-26)27-21-19-24(20-22-27)28(3)23-15-9-7-10-16-23/h5-22H,2,4H2,1,3H3/b14-6-,25-13+. The molecule has 0 amide bonds. The molecule has 2 nitrogen and oxygen atoms in total. The van der Waals surface area contributed by atoms with Crippen LogP contribution in [0.15, 0.2) is 122 Å². The van der Waals surface area contributed by atoms with Crippen LogP contribution in [0.4, 0.5) is 22.7 Å². The predicted molar refractivity (Wildman–Crippen MR) is 127 cm³/mol. The fraction of sp³-hybridized carbons (Fsp3) is 0.111. The highest BCUT2D eigenvalue weighted by atomic mass is 15.1. The Morgan fingerprint density at radius 3 is 1.79 bits per heavy atom. The SMILES string of the molecule is C=C/C=C(\C=C/CC)N(c1ccccc1)c1ccc(N(C)c2ccccc2)cc1. The molecule has 3 aromatic carbocycles. The van der Waals surface area contributed by atoms with E-state index in [0.717, 1.165) is 29.2 Å². The lowest BCUT2D eigenvalue weighted by Crippen LogP contribution is -2.15. The molecule has 0 aliphatic carbocycles. The van der Waals surface area contributed by atoms with Gasteiger partial charge in [-0.15, -0.1) is 0 Å². The van der Waals surface area contributed by atoms with Crippen LogP contribution in [-0.2, 0) is 0 Å². The average Bonchev–Trinajstić information content (AvgIpc) is 2.79. The molecule has 0 N–H and O–H groups in total. The third-order valence-electron chi connectivity index (χ3n) is 4.72. The van der Waals surface area contributed by atoms with Gasteiger partial charge in [-0.2, -0.15) is 0 Å². The molecule has 0 bridgehead atoms. The molecular formula is C27H28N2. The highest BCUT2D eigenvalue weighted by Crippen LogP contribution is 2.33. The Hall–Kier alpha value is -3.52. The Kier molecular flexibility index (Phi) is 7.07. The van der Waals surface area contributed by atoms with Crippen molar-refractivity contribution in [3.05, 3.63) is 122 Å². The van der Waals surface area contributed by atoms with Crippen LogP contribution >= 0.6 is 0 Å². The normalized spacial score (nSPS) is 11.4. The molecule has 0 fully saturated rings. The van der Waals surface area contributed by atoms with Crippen molar-refractivity contribution in [2.24, 2.45) is 0 Å². The summed E-state index contributed by atoms with van der Waals surface area (Å²) in [6.45, 7) is 6.05. The molecule has 0 heterocycles. The van der Waals surface area contributed by atoms with Crippen molar-refractivity contribution in [1.29, 1.82) is 0 Å². The summed E-state index contributed by atoms with van der Waals surface area (Å²) in [5.41, 5.74) is 5.61. The van der Waals surface area contributed by atoms with Gasteiger partial charge < -0.3 is 9.80 Å². The van der Waals surface area contributed by atoms with Crippen LogP contribution in [-0.4, -0.2) is 7.05 Å². The molecule has 2 heteroatoms. The highest BCUT2D eigenvalue weighted by molar-refractivity contribution is 5.73. The first kappa shape index (κ1) is 20.2. The number of benzene rings is 3. The van der Waals surface area contributed by atoms with Gasteiger partial charge in [-0.25, -0.2) is 0 Å². The number of allylic oxidation sites excluding steroid dienone is 4. The third kappa shape index (κ3) is 5.05. The lowest BCUT2D eigenvalue weighted by atomic mass is 10.1. The summed E-state index contributed by atoms with van der Waals surface area (Å²) in [6.07, 6.45) is 9.19. The van der Waals surface area contributed by atoms with E-state index in [9.17, 15) is 0 Å². The van der Waals surface area contributed by atoms with Gasteiger partial charge in [-0.3, -0.25) is 0 Å². The summed E-state index contributed by atoms with van der Waals surface area (Å²) in [5, 5.41) is 0. The molecule has 0 saturated heterocycles. The monoisotopic (exact) mass is 380 g/mol. The van der Waals surface area contributed by atoms with E-state index < -0.39 is 0 Å². The minimum absolute atomic E-state index is 0.984. The van der Waals surface area contributed by atoms with Crippen molar-refractivity contribution in [2.75, 3.05) is 16.8 Å². The molecule has 0 spiro atoms. The predicted octanol–water partition coefficient (Wildman–Crippen LogP) is 7.63. The average molecular weight is 381 g/mol. The summed E-state index contributed by atoms with van der Waals surface area (Å²) in [5.74, 6) is 0. The fourth-order valence-corrected chi connectivity index (χ4v) is 3.21. The molecular weight excluding hydrogens is 352 g/mol. The number of hydrogen-bond donors (Lipinski definition) is 0. The largest absolute Gasteiger partial charge is 0.345 e. The first-order valence-electron chi connectivity index (χ1n) is 9.98. The Balaban J connectivity index is 1.99. The first-order valence-corrected chi connectivity index (χ1v) is 9.98. The van der Waals surface area contributed by atoms with E-state index in [4.69, 9.17) is 0 Å². The van der Waals surface area contributed by atoms with Crippen molar-refractivity contribution in [1.82, 2.24) is 0 Å². The van der Waals surface area contributed by atoms with Crippen molar-refractivity contribution in [3.63, 3.8) is 0 Å². The van der Waals surface area contributed by atoms with Crippen LogP contribution in [0.25, 0.3) is 0 Å². The lowest BCUT2D eigenvalue weighted by molar-refractivity contribution is 1.17. The number of anilines is 4. The molecule has 146 valence electrons. The van der Waals surface area contributed by atoms with Crippen LogP contribution in [0.2, 0.25) is 0 Å². The topological polar surface area (TPSA) is 6.48 Å². The molecule has 0 atom stereocenters. The van der Waals surface area contributed by atoms with Gasteiger partial charge in [-0.05, 0) is 67.1 Å². The van der Waals surface area contributed by atoms with Crippen molar-refractivity contribution < 1.29 is 0 Å². The zero-order chi connectivity index (χ0) is 20.5. The maximum Gasteiger partial charge on any atom is 0.0463 e. The quantitative estimate of drug-likeness (QED) is 0.371. The van der Waals surface area contributed by atoms with Gasteiger partial charge in [-0.1, -0.05) is 62.1 Å². The van der Waals surface area contributed by atoms with Crippen LogP contribution in [0, 0.1) is 0 Å². The second-order valence-corrected chi connectivity index (χ2v) is 6.72. The molecule has 3 rings (SSSR count). The molecule has 0 radical (unpaired) electrons. The molecule has 3 aromatic rings. The molecule has 29 heavy (non-hydrogen) atoms. The third-order valence-corrected chi connectivity index (χ3v) is 4.72. The van der Waals surface area contributed by atoms with Gasteiger partial charge in [0.15, 0.2) is 0 Å². The molecule has 0 aliphatic heterocycles. The molecule has 0 aliphatic rings. The summed E-state index contributed by atoms with van der Waals surface area (Å²) in [6, 6.07) is 29.5. The van der Waals surface area contributed by atoms with Gasteiger partial charge in [0.05, 0.1) is 0 Å². The number of nitrogens with zero attached hydrogens (tertiary/aromatic N) is 2. The Bertz CT molecular complexity index is 954. The minimum atomic E-state index is 0.984.